The Morgan fingerprint density at radius 1 is 1.10 bits per heavy atom. The summed E-state index contributed by atoms with van der Waals surface area (Å²) in [7, 11) is 0. The van der Waals surface area contributed by atoms with Crippen LogP contribution in [-0.2, 0) is 11.3 Å². The summed E-state index contributed by atoms with van der Waals surface area (Å²) in [4.78, 5) is 43.0. The number of hydrogen-bond acceptors (Lipinski definition) is 4. The molecule has 7 nitrogen and oxygen atoms in total. The van der Waals surface area contributed by atoms with Gasteiger partial charge >= 0.3 is 0 Å². The summed E-state index contributed by atoms with van der Waals surface area (Å²) in [5.74, 6) is -0.379. The first-order chi connectivity index (χ1) is 14.5. The van der Waals surface area contributed by atoms with Crippen molar-refractivity contribution in [2.24, 2.45) is 0 Å². The molecule has 0 radical (unpaired) electrons. The molecule has 2 heterocycles. The molecule has 150 valence electrons. The van der Waals surface area contributed by atoms with E-state index < -0.39 is 0 Å². The van der Waals surface area contributed by atoms with Crippen LogP contribution >= 0.6 is 11.6 Å². The van der Waals surface area contributed by atoms with Gasteiger partial charge in [0.05, 0.1) is 11.3 Å². The highest BCUT2D eigenvalue weighted by molar-refractivity contribution is 6.31. The number of nitrogens with zero attached hydrogens (tertiary/aromatic N) is 2. The number of hydrogen-bond donors (Lipinski definition) is 2. The molecule has 0 saturated heterocycles. The lowest BCUT2D eigenvalue weighted by molar-refractivity contribution is -0.116. The smallest absolute Gasteiger partial charge is 0.256 e. The Labute approximate surface area is 177 Å². The van der Waals surface area contributed by atoms with Crippen molar-refractivity contribution in [2.75, 3.05) is 17.2 Å². The second-order valence-corrected chi connectivity index (χ2v) is 7.20. The zero-order valence-corrected chi connectivity index (χ0v) is 16.5. The van der Waals surface area contributed by atoms with Gasteiger partial charge in [-0.05, 0) is 48.0 Å². The molecule has 30 heavy (non-hydrogen) atoms. The number of fused-ring (bicyclic) bond motifs is 1. The second kappa shape index (κ2) is 8.34. The predicted octanol–water partition coefficient (Wildman–Crippen LogP) is 3.58. The highest BCUT2D eigenvalue weighted by Gasteiger charge is 2.26. The minimum absolute atomic E-state index is 0.0763. The maximum absolute atomic E-state index is 12.9. The normalized spacial score (nSPS) is 13.3. The molecule has 0 saturated carbocycles. The number of halogens is 1. The fraction of sp³-hybridized carbons (Fsp3) is 0.0909. The van der Waals surface area contributed by atoms with Gasteiger partial charge in [-0.2, -0.15) is 0 Å². The van der Waals surface area contributed by atoms with Gasteiger partial charge < -0.3 is 15.5 Å². The summed E-state index contributed by atoms with van der Waals surface area (Å²) >= 11 is 5.97. The maximum Gasteiger partial charge on any atom is 0.256 e. The number of benzene rings is 2. The Kier molecular flexibility index (Phi) is 5.45. The average Bonchev–Trinajstić information content (AvgIpc) is 2.85. The van der Waals surface area contributed by atoms with E-state index in [4.69, 9.17) is 11.6 Å². The van der Waals surface area contributed by atoms with E-state index in [9.17, 15) is 14.4 Å². The van der Waals surface area contributed by atoms with Gasteiger partial charge in [0.1, 0.15) is 12.4 Å². The van der Waals surface area contributed by atoms with Crippen LogP contribution in [0.25, 0.3) is 0 Å². The first-order valence-electron chi connectivity index (χ1n) is 9.19. The van der Waals surface area contributed by atoms with Gasteiger partial charge in [0.15, 0.2) is 0 Å². The van der Waals surface area contributed by atoms with Crippen LogP contribution in [0.3, 0.4) is 0 Å². The number of anilines is 2. The Hall–Kier alpha value is -3.71. The third kappa shape index (κ3) is 4.31. The van der Waals surface area contributed by atoms with Crippen LogP contribution < -0.4 is 10.6 Å². The van der Waals surface area contributed by atoms with Crippen LogP contribution in [0.2, 0.25) is 5.02 Å². The zero-order valence-electron chi connectivity index (χ0n) is 15.8. The molecule has 1 aliphatic heterocycles. The van der Waals surface area contributed by atoms with Crippen LogP contribution in [0.15, 0.2) is 66.9 Å². The molecule has 3 aromatic rings. The molecule has 2 aromatic carbocycles. The SMILES string of the molecule is O=C1CN(Cc2ccc(C(=O)Nc3ccccn3)cc2)C(=O)c2ccc(Cl)cc2N1. The molecule has 3 amide bonds. The van der Waals surface area contributed by atoms with Gasteiger partial charge in [0.25, 0.3) is 11.8 Å². The molecule has 8 heteroatoms. The van der Waals surface area contributed by atoms with E-state index in [-0.39, 0.29) is 30.8 Å². The Morgan fingerprint density at radius 3 is 2.63 bits per heavy atom. The molecular weight excluding hydrogens is 404 g/mol. The molecule has 0 fully saturated rings. The van der Waals surface area contributed by atoms with E-state index in [0.29, 0.717) is 27.7 Å². The zero-order chi connectivity index (χ0) is 21.1. The van der Waals surface area contributed by atoms with Gasteiger partial charge in [-0.3, -0.25) is 14.4 Å². The van der Waals surface area contributed by atoms with Crippen molar-refractivity contribution in [1.29, 1.82) is 0 Å². The fourth-order valence-corrected chi connectivity index (χ4v) is 3.32. The summed E-state index contributed by atoms with van der Waals surface area (Å²) in [6.45, 7) is 0.156. The molecule has 2 N–H and O–H groups in total. The maximum atomic E-state index is 12.9. The molecule has 1 aliphatic rings. The van der Waals surface area contributed by atoms with Crippen molar-refractivity contribution < 1.29 is 14.4 Å². The quantitative estimate of drug-likeness (QED) is 0.674. The molecule has 0 unspecified atom stereocenters. The standard InChI is InChI=1S/C22H17ClN4O3/c23-16-8-9-17-18(11-16)25-20(28)13-27(22(17)30)12-14-4-6-15(7-5-14)21(29)26-19-3-1-2-10-24-19/h1-11H,12-13H2,(H,25,28)(H,24,26,29). The van der Waals surface area contributed by atoms with Gasteiger partial charge in [0, 0.05) is 23.3 Å². The van der Waals surface area contributed by atoms with Crippen molar-refractivity contribution in [2.45, 2.75) is 6.54 Å². The van der Waals surface area contributed by atoms with E-state index in [1.165, 1.54) is 4.90 Å². The topological polar surface area (TPSA) is 91.4 Å². The Morgan fingerprint density at radius 2 is 1.90 bits per heavy atom. The van der Waals surface area contributed by atoms with Crippen LogP contribution in [0.1, 0.15) is 26.3 Å². The number of pyridine rings is 1. The van der Waals surface area contributed by atoms with Crippen LogP contribution in [0, 0.1) is 0 Å². The third-order valence-electron chi connectivity index (χ3n) is 4.60. The van der Waals surface area contributed by atoms with E-state index in [2.05, 4.69) is 15.6 Å². The van der Waals surface area contributed by atoms with Crippen molar-refractivity contribution in [1.82, 2.24) is 9.88 Å². The van der Waals surface area contributed by atoms with Gasteiger partial charge in [-0.1, -0.05) is 29.8 Å². The second-order valence-electron chi connectivity index (χ2n) is 6.77. The van der Waals surface area contributed by atoms with Gasteiger partial charge in [-0.25, -0.2) is 4.98 Å². The molecular formula is C22H17ClN4O3. The Bertz CT molecular complexity index is 1120. The molecule has 0 spiro atoms. The van der Waals surface area contributed by atoms with Gasteiger partial charge in [-0.15, -0.1) is 0 Å². The summed E-state index contributed by atoms with van der Waals surface area (Å²) in [5.41, 5.74) is 2.05. The van der Waals surface area contributed by atoms with E-state index in [1.54, 1.807) is 66.9 Å². The van der Waals surface area contributed by atoms with Crippen LogP contribution in [-0.4, -0.2) is 34.2 Å². The summed E-state index contributed by atoms with van der Waals surface area (Å²) in [6, 6.07) is 16.9. The predicted molar refractivity (Wildman–Crippen MR) is 113 cm³/mol. The van der Waals surface area contributed by atoms with E-state index in [1.807, 2.05) is 0 Å². The summed E-state index contributed by atoms with van der Waals surface area (Å²) < 4.78 is 0. The molecule has 1 aromatic heterocycles. The number of aromatic nitrogens is 1. The van der Waals surface area contributed by atoms with Gasteiger partial charge in [0.2, 0.25) is 5.91 Å². The molecule has 0 atom stereocenters. The highest BCUT2D eigenvalue weighted by atomic mass is 35.5. The van der Waals surface area contributed by atoms with Crippen molar-refractivity contribution in [3.05, 3.63) is 88.6 Å². The summed E-state index contributed by atoms with van der Waals surface area (Å²) in [5, 5.41) is 5.87. The molecule has 4 rings (SSSR count). The third-order valence-corrected chi connectivity index (χ3v) is 4.84. The largest absolute Gasteiger partial charge is 0.325 e. The number of amides is 3. The first-order valence-corrected chi connectivity index (χ1v) is 9.57. The molecule has 0 aliphatic carbocycles. The lowest BCUT2D eigenvalue weighted by Crippen LogP contribution is -2.34. The molecule has 0 bridgehead atoms. The lowest BCUT2D eigenvalue weighted by Gasteiger charge is -2.20. The number of carbonyl (C=O) groups excluding carboxylic acids is 3. The summed E-state index contributed by atoms with van der Waals surface area (Å²) in [6.07, 6.45) is 1.60. The average molecular weight is 421 g/mol. The van der Waals surface area contributed by atoms with Crippen LogP contribution in [0.5, 0.6) is 0 Å². The Balaban J connectivity index is 1.48. The number of rotatable bonds is 4. The minimum atomic E-state index is -0.296. The fourth-order valence-electron chi connectivity index (χ4n) is 3.15. The first kappa shape index (κ1) is 19.6. The number of carbonyl (C=O) groups is 3. The lowest BCUT2D eigenvalue weighted by atomic mass is 10.1. The minimum Gasteiger partial charge on any atom is -0.325 e. The van der Waals surface area contributed by atoms with Crippen molar-refractivity contribution in [3.63, 3.8) is 0 Å². The van der Waals surface area contributed by atoms with Crippen LogP contribution in [0.4, 0.5) is 11.5 Å². The van der Waals surface area contributed by atoms with Crippen molar-refractivity contribution in [3.8, 4) is 0 Å². The monoisotopic (exact) mass is 420 g/mol. The highest BCUT2D eigenvalue weighted by Crippen LogP contribution is 2.25. The number of nitrogens with one attached hydrogen (secondary N) is 2. The van der Waals surface area contributed by atoms with E-state index >= 15 is 0 Å². The van der Waals surface area contributed by atoms with E-state index in [0.717, 1.165) is 5.56 Å². The van der Waals surface area contributed by atoms with Crippen molar-refractivity contribution >= 4 is 40.8 Å².